The van der Waals surface area contributed by atoms with Gasteiger partial charge in [0.05, 0.1) is 6.61 Å². The molecular weight excluding hydrogens is 294 g/mol. The second kappa shape index (κ2) is 5.59. The first-order valence-electron chi connectivity index (χ1n) is 5.37. The van der Waals surface area contributed by atoms with Crippen LogP contribution >= 0.6 is 23.2 Å². The molecule has 1 N–H and O–H groups in total. The Morgan fingerprint density at radius 2 is 1.89 bits per heavy atom. The monoisotopic (exact) mass is 302 g/mol. The van der Waals surface area contributed by atoms with Crippen molar-refractivity contribution in [3.8, 4) is 22.9 Å². The van der Waals surface area contributed by atoms with Gasteiger partial charge in [0, 0.05) is 5.56 Å². The minimum atomic E-state index is -0.865. The van der Waals surface area contributed by atoms with Crippen molar-refractivity contribution in [3.63, 3.8) is 0 Å². The van der Waals surface area contributed by atoms with Gasteiger partial charge >= 0.3 is 0 Å². The van der Waals surface area contributed by atoms with Crippen molar-refractivity contribution in [1.82, 2.24) is 9.97 Å². The molecule has 19 heavy (non-hydrogen) atoms. The van der Waals surface area contributed by atoms with Gasteiger partial charge in [-0.2, -0.15) is 0 Å². The molecule has 2 rings (SSSR count). The summed E-state index contributed by atoms with van der Waals surface area (Å²) in [4.78, 5) is 7.58. The molecule has 0 saturated carbocycles. The Labute approximate surface area is 118 Å². The van der Waals surface area contributed by atoms with E-state index in [0.29, 0.717) is 12.2 Å². The van der Waals surface area contributed by atoms with Crippen LogP contribution in [0, 0.1) is 5.82 Å². The van der Waals surface area contributed by atoms with E-state index in [9.17, 15) is 9.50 Å². The first-order valence-corrected chi connectivity index (χ1v) is 6.13. The van der Waals surface area contributed by atoms with Crippen LogP contribution < -0.4 is 4.74 Å². The summed E-state index contributed by atoms with van der Waals surface area (Å²) in [6.45, 7) is 2.18. The zero-order chi connectivity index (χ0) is 14.0. The lowest BCUT2D eigenvalue weighted by Crippen LogP contribution is -1.96. The van der Waals surface area contributed by atoms with Crippen LogP contribution in [0.2, 0.25) is 10.3 Å². The fourth-order valence-electron chi connectivity index (χ4n) is 1.45. The van der Waals surface area contributed by atoms with Gasteiger partial charge in [0.25, 0.3) is 0 Å². The van der Waals surface area contributed by atoms with E-state index in [0.717, 1.165) is 0 Å². The molecule has 0 aliphatic carbocycles. The molecule has 1 aromatic heterocycles. The topological polar surface area (TPSA) is 55.2 Å². The van der Waals surface area contributed by atoms with Crippen molar-refractivity contribution >= 4 is 23.2 Å². The Morgan fingerprint density at radius 3 is 2.47 bits per heavy atom. The third kappa shape index (κ3) is 2.88. The van der Waals surface area contributed by atoms with Crippen molar-refractivity contribution in [2.45, 2.75) is 6.92 Å². The maximum Gasteiger partial charge on any atom is 0.197 e. The average Bonchev–Trinajstić information content (AvgIpc) is 2.38. The smallest absolute Gasteiger partial charge is 0.197 e. The predicted molar refractivity (Wildman–Crippen MR) is 70.3 cm³/mol. The highest BCUT2D eigenvalue weighted by molar-refractivity contribution is 6.33. The Bertz CT molecular complexity index is 600. The fraction of sp³-hybridized carbons (Fsp3) is 0.167. The number of ether oxygens (including phenoxy) is 1. The molecule has 0 amide bonds. The molecule has 2 aromatic rings. The number of aromatic nitrogens is 2. The van der Waals surface area contributed by atoms with E-state index >= 15 is 0 Å². The zero-order valence-corrected chi connectivity index (χ0v) is 11.3. The van der Waals surface area contributed by atoms with E-state index in [4.69, 9.17) is 27.9 Å². The standard InChI is InChI=1S/C12H9Cl2FN2O2/c1-2-19-8-5-6(3-4-7(8)18)12-16-10(13)9(15)11(14)17-12/h3-5,18H,2H2,1H3. The fourth-order valence-corrected chi connectivity index (χ4v) is 1.84. The zero-order valence-electron chi connectivity index (χ0n) is 9.82. The maximum atomic E-state index is 13.2. The van der Waals surface area contributed by atoms with Crippen molar-refractivity contribution < 1.29 is 14.2 Å². The summed E-state index contributed by atoms with van der Waals surface area (Å²) in [6, 6.07) is 4.51. The molecule has 0 bridgehead atoms. The van der Waals surface area contributed by atoms with Gasteiger partial charge < -0.3 is 9.84 Å². The van der Waals surface area contributed by atoms with E-state index in [2.05, 4.69) is 9.97 Å². The van der Waals surface area contributed by atoms with E-state index in [1.165, 1.54) is 12.1 Å². The van der Waals surface area contributed by atoms with Gasteiger partial charge in [0.1, 0.15) is 0 Å². The van der Waals surface area contributed by atoms with Crippen molar-refractivity contribution in [2.24, 2.45) is 0 Å². The number of aromatic hydroxyl groups is 1. The second-order valence-corrected chi connectivity index (χ2v) is 4.27. The summed E-state index contributed by atoms with van der Waals surface area (Å²) >= 11 is 11.2. The average molecular weight is 303 g/mol. The molecule has 0 aliphatic rings. The molecule has 0 aliphatic heterocycles. The second-order valence-electron chi connectivity index (χ2n) is 3.56. The molecule has 0 atom stereocenters. The first kappa shape index (κ1) is 13.8. The van der Waals surface area contributed by atoms with E-state index in [1.807, 2.05) is 0 Å². The Balaban J connectivity index is 2.50. The van der Waals surface area contributed by atoms with Gasteiger partial charge in [-0.05, 0) is 25.1 Å². The largest absolute Gasteiger partial charge is 0.504 e. The van der Waals surface area contributed by atoms with Crippen LogP contribution in [0.15, 0.2) is 18.2 Å². The third-order valence-corrected chi connectivity index (χ3v) is 2.79. The van der Waals surface area contributed by atoms with Crippen LogP contribution in [-0.2, 0) is 0 Å². The van der Waals surface area contributed by atoms with E-state index < -0.39 is 5.82 Å². The molecule has 1 aromatic carbocycles. The van der Waals surface area contributed by atoms with Crippen LogP contribution in [0.3, 0.4) is 0 Å². The molecule has 0 saturated heterocycles. The predicted octanol–water partition coefficient (Wildman–Crippen LogP) is 3.69. The highest BCUT2D eigenvalue weighted by Gasteiger charge is 2.14. The van der Waals surface area contributed by atoms with Crippen molar-refractivity contribution in [3.05, 3.63) is 34.3 Å². The highest BCUT2D eigenvalue weighted by atomic mass is 35.5. The molecule has 0 fully saturated rings. The lowest BCUT2D eigenvalue weighted by molar-refractivity contribution is 0.318. The lowest BCUT2D eigenvalue weighted by atomic mass is 10.2. The summed E-state index contributed by atoms with van der Waals surface area (Å²) in [7, 11) is 0. The van der Waals surface area contributed by atoms with Crippen LogP contribution in [0.1, 0.15) is 6.92 Å². The Morgan fingerprint density at radius 1 is 1.26 bits per heavy atom. The lowest BCUT2D eigenvalue weighted by Gasteiger charge is -2.08. The molecule has 100 valence electrons. The number of nitrogens with zero attached hydrogens (tertiary/aromatic N) is 2. The SMILES string of the molecule is CCOc1cc(-c2nc(Cl)c(F)c(Cl)n2)ccc1O. The first-order chi connectivity index (χ1) is 9.02. The summed E-state index contributed by atoms with van der Waals surface area (Å²) in [5.74, 6) is -0.446. The third-order valence-electron chi connectivity index (χ3n) is 2.29. The number of rotatable bonds is 3. The molecule has 7 heteroatoms. The van der Waals surface area contributed by atoms with Gasteiger partial charge in [-0.1, -0.05) is 23.2 Å². The van der Waals surface area contributed by atoms with E-state index in [-0.39, 0.29) is 27.6 Å². The quantitative estimate of drug-likeness (QED) is 0.879. The summed E-state index contributed by atoms with van der Waals surface area (Å²) in [6.07, 6.45) is 0. The summed E-state index contributed by atoms with van der Waals surface area (Å²) < 4.78 is 18.5. The molecule has 1 heterocycles. The van der Waals surface area contributed by atoms with Crippen LogP contribution in [0.4, 0.5) is 4.39 Å². The van der Waals surface area contributed by atoms with Crippen LogP contribution in [0.5, 0.6) is 11.5 Å². The summed E-state index contributed by atoms with van der Waals surface area (Å²) in [5.41, 5.74) is 0.505. The number of phenolic OH excluding ortho intramolecular Hbond substituents is 1. The van der Waals surface area contributed by atoms with Gasteiger partial charge in [0.2, 0.25) is 0 Å². The van der Waals surface area contributed by atoms with Gasteiger partial charge in [-0.15, -0.1) is 0 Å². The molecule has 0 spiro atoms. The number of hydrogen-bond acceptors (Lipinski definition) is 4. The highest BCUT2D eigenvalue weighted by Crippen LogP contribution is 2.31. The van der Waals surface area contributed by atoms with Gasteiger partial charge in [-0.25, -0.2) is 14.4 Å². The molecular formula is C12H9Cl2FN2O2. The minimum absolute atomic E-state index is 0.00935. The molecule has 0 radical (unpaired) electrons. The molecule has 0 unspecified atom stereocenters. The number of phenols is 1. The van der Waals surface area contributed by atoms with Crippen molar-refractivity contribution in [1.29, 1.82) is 0 Å². The van der Waals surface area contributed by atoms with Crippen LogP contribution in [-0.4, -0.2) is 21.7 Å². The Kier molecular flexibility index (Phi) is 4.07. The summed E-state index contributed by atoms with van der Waals surface area (Å²) in [5, 5.41) is 8.87. The van der Waals surface area contributed by atoms with Gasteiger partial charge in [0.15, 0.2) is 33.4 Å². The Hall–Kier alpha value is -1.59. The van der Waals surface area contributed by atoms with Gasteiger partial charge in [-0.3, -0.25) is 0 Å². The number of hydrogen-bond donors (Lipinski definition) is 1. The maximum absolute atomic E-state index is 13.2. The normalized spacial score (nSPS) is 10.5. The van der Waals surface area contributed by atoms with Crippen LogP contribution in [0.25, 0.3) is 11.4 Å². The van der Waals surface area contributed by atoms with E-state index in [1.54, 1.807) is 13.0 Å². The number of halogens is 3. The molecule has 4 nitrogen and oxygen atoms in total. The number of benzene rings is 1. The van der Waals surface area contributed by atoms with Crippen molar-refractivity contribution in [2.75, 3.05) is 6.61 Å². The minimum Gasteiger partial charge on any atom is -0.504 e.